The molecule has 0 aromatic heterocycles. The summed E-state index contributed by atoms with van der Waals surface area (Å²) < 4.78 is 0. The Morgan fingerprint density at radius 1 is 0.486 bits per heavy atom. The van der Waals surface area contributed by atoms with Gasteiger partial charge in [-0.1, -0.05) is 91.9 Å². The lowest BCUT2D eigenvalue weighted by molar-refractivity contribution is -0.291. The Hall–Kier alpha value is 0. The normalized spacial score (nSPS) is 64.8. The van der Waals surface area contributed by atoms with Gasteiger partial charge >= 0.3 is 0 Å². The number of hydrogen-bond acceptors (Lipinski definition) is 0. The molecule has 0 heterocycles. The molecule has 0 heteroatoms. The van der Waals surface area contributed by atoms with Crippen molar-refractivity contribution in [3.8, 4) is 0 Å². The van der Waals surface area contributed by atoms with Gasteiger partial charge in [0.1, 0.15) is 0 Å². The molecule has 0 radical (unpaired) electrons. The van der Waals surface area contributed by atoms with Crippen LogP contribution in [0.2, 0.25) is 0 Å². The molecule has 0 aliphatic heterocycles. The highest BCUT2D eigenvalue weighted by Crippen LogP contribution is 2.95. The second kappa shape index (κ2) is 7.56. The summed E-state index contributed by atoms with van der Waals surface area (Å²) in [6.45, 7) is 11.5. The summed E-state index contributed by atoms with van der Waals surface area (Å²) in [6.07, 6.45) is 25.3. The SMILES string of the molecule is CC1C(C2CCCC3CCCCC32)C2(C)C(C3CCCC4CCCCC43)C(C)C3CC4(C)CC1C342. The molecule has 0 N–H and O–H groups in total. The Labute approximate surface area is 217 Å². The van der Waals surface area contributed by atoms with Crippen LogP contribution in [0.3, 0.4) is 0 Å². The zero-order valence-corrected chi connectivity index (χ0v) is 23.7. The van der Waals surface area contributed by atoms with Gasteiger partial charge in [-0.25, -0.2) is 0 Å². The van der Waals surface area contributed by atoms with E-state index in [4.69, 9.17) is 0 Å². The molecule has 12 atom stereocenters. The van der Waals surface area contributed by atoms with Crippen LogP contribution in [0, 0.1) is 87.3 Å². The van der Waals surface area contributed by atoms with Crippen LogP contribution in [0.15, 0.2) is 0 Å². The Morgan fingerprint density at radius 3 is 1.34 bits per heavy atom. The average Bonchev–Trinajstić information content (AvgIpc) is 3.18. The summed E-state index contributed by atoms with van der Waals surface area (Å²) in [5, 5.41) is 0. The van der Waals surface area contributed by atoms with Crippen molar-refractivity contribution in [2.24, 2.45) is 87.3 Å². The summed E-state index contributed by atoms with van der Waals surface area (Å²) in [7, 11) is 0. The van der Waals surface area contributed by atoms with Gasteiger partial charge in [0.25, 0.3) is 0 Å². The standard InChI is InChI=1S/C35H56/c1-21-29-19-33(3)20-30-22(2)32(28-18-10-14-24-12-6-8-16-26(24)28)34(4,35(29,30)33)31(21)27-17-9-13-23-11-5-7-15-25(23)27/h21-32H,5-20H2,1-4H3. The molecule has 8 aliphatic carbocycles. The predicted octanol–water partition coefficient (Wildman–Crippen LogP) is 9.77. The lowest BCUT2D eigenvalue weighted by Crippen LogP contribution is -2.71. The third kappa shape index (κ3) is 2.50. The van der Waals surface area contributed by atoms with Crippen molar-refractivity contribution in [2.45, 2.75) is 130 Å². The van der Waals surface area contributed by atoms with Crippen LogP contribution >= 0.6 is 0 Å². The van der Waals surface area contributed by atoms with Gasteiger partial charge < -0.3 is 0 Å². The highest BCUT2D eigenvalue weighted by molar-refractivity contribution is 5.37. The summed E-state index contributed by atoms with van der Waals surface area (Å²) >= 11 is 0. The molecule has 0 nitrogen and oxygen atoms in total. The molecule has 8 aliphatic rings. The molecule has 0 saturated heterocycles. The van der Waals surface area contributed by atoms with Gasteiger partial charge in [-0.3, -0.25) is 0 Å². The number of rotatable bonds is 2. The summed E-state index contributed by atoms with van der Waals surface area (Å²) in [5.74, 6) is 12.9. The second-order valence-electron chi connectivity index (χ2n) is 16.7. The summed E-state index contributed by atoms with van der Waals surface area (Å²) in [6, 6.07) is 0. The molecule has 0 aromatic rings. The Balaban J connectivity index is 1.25. The fourth-order valence-electron chi connectivity index (χ4n) is 16.2. The van der Waals surface area contributed by atoms with E-state index in [9.17, 15) is 0 Å². The minimum Gasteiger partial charge on any atom is -0.0619 e. The van der Waals surface area contributed by atoms with E-state index in [2.05, 4.69) is 27.7 Å². The highest BCUT2D eigenvalue weighted by atomic mass is 14.9. The van der Waals surface area contributed by atoms with Crippen molar-refractivity contribution >= 4 is 0 Å². The van der Waals surface area contributed by atoms with Crippen LogP contribution < -0.4 is 0 Å². The van der Waals surface area contributed by atoms with Gasteiger partial charge in [0.2, 0.25) is 0 Å². The van der Waals surface area contributed by atoms with E-state index in [1.807, 2.05) is 0 Å². The van der Waals surface area contributed by atoms with E-state index < -0.39 is 0 Å². The minimum atomic E-state index is 0.653. The third-order valence-corrected chi connectivity index (χ3v) is 16.4. The van der Waals surface area contributed by atoms with Crippen molar-refractivity contribution in [1.29, 1.82) is 0 Å². The highest BCUT2D eigenvalue weighted by Gasteiger charge is 2.90. The van der Waals surface area contributed by atoms with Gasteiger partial charge in [-0.2, -0.15) is 0 Å². The topological polar surface area (TPSA) is 0 Å². The fraction of sp³-hybridized carbons (Fsp3) is 1.00. The van der Waals surface area contributed by atoms with Crippen LogP contribution in [0.5, 0.6) is 0 Å². The molecule has 0 amide bonds. The summed E-state index contributed by atoms with van der Waals surface area (Å²) in [5.41, 5.74) is 2.11. The lowest BCUT2D eigenvalue weighted by Gasteiger charge is -2.77. The van der Waals surface area contributed by atoms with Crippen molar-refractivity contribution in [1.82, 2.24) is 0 Å². The van der Waals surface area contributed by atoms with Gasteiger partial charge in [0.05, 0.1) is 0 Å². The zero-order valence-electron chi connectivity index (χ0n) is 23.7. The molecule has 8 rings (SSSR count). The maximum atomic E-state index is 3.02. The van der Waals surface area contributed by atoms with Gasteiger partial charge in [-0.05, 0) is 126 Å². The lowest BCUT2D eigenvalue weighted by atomic mass is 9.27. The van der Waals surface area contributed by atoms with Crippen LogP contribution in [0.4, 0.5) is 0 Å². The first-order valence-corrected chi connectivity index (χ1v) is 16.9. The molecule has 35 heavy (non-hydrogen) atoms. The molecule has 12 unspecified atom stereocenters. The molecular formula is C35H56. The Kier molecular flexibility index (Phi) is 4.95. The van der Waals surface area contributed by atoms with E-state index in [1.54, 1.807) is 103 Å². The van der Waals surface area contributed by atoms with E-state index in [0.717, 1.165) is 76.4 Å². The van der Waals surface area contributed by atoms with Gasteiger partial charge in [0, 0.05) is 0 Å². The van der Waals surface area contributed by atoms with Crippen LogP contribution in [-0.2, 0) is 0 Å². The summed E-state index contributed by atoms with van der Waals surface area (Å²) in [4.78, 5) is 0. The molecule has 8 saturated carbocycles. The Bertz CT molecular complexity index is 790. The molecule has 0 bridgehead atoms. The monoisotopic (exact) mass is 476 g/mol. The largest absolute Gasteiger partial charge is 0.0619 e. The first-order chi connectivity index (χ1) is 16.9. The van der Waals surface area contributed by atoms with E-state index >= 15 is 0 Å². The Morgan fingerprint density at radius 2 is 0.886 bits per heavy atom. The van der Waals surface area contributed by atoms with Crippen molar-refractivity contribution in [2.75, 3.05) is 0 Å². The van der Waals surface area contributed by atoms with E-state index in [0.29, 0.717) is 10.8 Å². The molecular weight excluding hydrogens is 420 g/mol. The fourth-order valence-corrected chi connectivity index (χ4v) is 16.2. The molecule has 1 spiro atoms. The van der Waals surface area contributed by atoms with Gasteiger partial charge in [-0.15, -0.1) is 0 Å². The third-order valence-electron chi connectivity index (χ3n) is 16.4. The number of hydrogen-bond donors (Lipinski definition) is 0. The van der Waals surface area contributed by atoms with Gasteiger partial charge in [0.15, 0.2) is 0 Å². The average molecular weight is 477 g/mol. The smallest absolute Gasteiger partial charge is 0.0122 e. The zero-order chi connectivity index (χ0) is 23.7. The quantitative estimate of drug-likeness (QED) is 0.372. The van der Waals surface area contributed by atoms with Crippen molar-refractivity contribution in [3.05, 3.63) is 0 Å². The predicted molar refractivity (Wildman–Crippen MR) is 146 cm³/mol. The van der Waals surface area contributed by atoms with E-state index in [-0.39, 0.29) is 0 Å². The first-order valence-electron chi connectivity index (χ1n) is 16.9. The van der Waals surface area contributed by atoms with E-state index in [1.165, 1.54) is 0 Å². The molecule has 0 aromatic carbocycles. The first kappa shape index (κ1) is 22.9. The van der Waals surface area contributed by atoms with Crippen molar-refractivity contribution in [3.63, 3.8) is 0 Å². The van der Waals surface area contributed by atoms with Crippen molar-refractivity contribution < 1.29 is 0 Å². The minimum absolute atomic E-state index is 0.653. The second-order valence-corrected chi connectivity index (χ2v) is 16.7. The molecule has 8 fully saturated rings. The molecule has 196 valence electrons. The maximum Gasteiger partial charge on any atom is -0.0122 e. The van der Waals surface area contributed by atoms with Crippen LogP contribution in [0.25, 0.3) is 0 Å². The number of fused-ring (bicyclic) bond motifs is 2. The maximum absolute atomic E-state index is 3.02. The van der Waals surface area contributed by atoms with Crippen LogP contribution in [0.1, 0.15) is 130 Å². The van der Waals surface area contributed by atoms with Crippen LogP contribution in [-0.4, -0.2) is 0 Å².